The van der Waals surface area contributed by atoms with Crippen LogP contribution in [0.25, 0.3) is 0 Å². The van der Waals surface area contributed by atoms with Crippen molar-refractivity contribution in [2.24, 2.45) is 5.92 Å². The van der Waals surface area contributed by atoms with Gasteiger partial charge < -0.3 is 4.90 Å². The van der Waals surface area contributed by atoms with Crippen molar-refractivity contribution >= 4 is 29.1 Å². The van der Waals surface area contributed by atoms with E-state index in [1.54, 1.807) is 30.3 Å². The molecule has 126 valence electrons. The quantitative estimate of drug-likeness (QED) is 0.358. The molecule has 2 atom stereocenters. The topological polar surface area (TPSA) is 54.5 Å². The highest BCUT2D eigenvalue weighted by molar-refractivity contribution is 6.44. The van der Waals surface area contributed by atoms with E-state index in [1.807, 2.05) is 30.3 Å². The third-order valence-electron chi connectivity index (χ3n) is 4.28. The normalized spacial score (nSPS) is 20.0. The number of ketones is 2. The van der Waals surface area contributed by atoms with Gasteiger partial charge in [-0.3, -0.25) is 14.4 Å². The van der Waals surface area contributed by atoms with Crippen LogP contribution in [0.5, 0.6) is 0 Å². The number of hydrogen-bond acceptors (Lipinski definition) is 3. The largest absolute Gasteiger partial charge is 0.324 e. The molecule has 0 saturated carbocycles. The van der Waals surface area contributed by atoms with Crippen LogP contribution < -0.4 is 0 Å². The Morgan fingerprint density at radius 1 is 1.08 bits per heavy atom. The third kappa shape index (κ3) is 3.13. The summed E-state index contributed by atoms with van der Waals surface area (Å²) in [5.74, 6) is -2.79. The minimum Gasteiger partial charge on any atom is -0.324 e. The first-order chi connectivity index (χ1) is 12.0. The Kier molecular flexibility index (Phi) is 4.81. The van der Waals surface area contributed by atoms with Gasteiger partial charge in [0, 0.05) is 17.1 Å². The third-order valence-corrected chi connectivity index (χ3v) is 4.54. The van der Waals surface area contributed by atoms with E-state index >= 15 is 0 Å². The molecule has 0 radical (unpaired) electrons. The van der Waals surface area contributed by atoms with Gasteiger partial charge in [-0.1, -0.05) is 48.0 Å². The maximum absolute atomic E-state index is 13.0. The van der Waals surface area contributed by atoms with E-state index in [0.717, 1.165) is 5.56 Å². The van der Waals surface area contributed by atoms with Crippen LogP contribution in [0.2, 0.25) is 5.02 Å². The van der Waals surface area contributed by atoms with E-state index in [9.17, 15) is 14.4 Å². The summed E-state index contributed by atoms with van der Waals surface area (Å²) in [6.45, 7) is 3.85. The van der Waals surface area contributed by atoms with E-state index in [-0.39, 0.29) is 12.3 Å². The number of hydrogen-bond donors (Lipinski definition) is 0. The summed E-state index contributed by atoms with van der Waals surface area (Å²) >= 11 is 5.87. The zero-order chi connectivity index (χ0) is 18.0. The second kappa shape index (κ2) is 7.03. The molecular weight excluding hydrogens is 338 g/mol. The summed E-state index contributed by atoms with van der Waals surface area (Å²) in [4.78, 5) is 39.4. The molecule has 0 bridgehead atoms. The van der Waals surface area contributed by atoms with Crippen molar-refractivity contribution in [1.29, 1.82) is 0 Å². The lowest BCUT2D eigenvalue weighted by molar-refractivity contribution is -0.140. The van der Waals surface area contributed by atoms with Crippen molar-refractivity contribution in [1.82, 2.24) is 4.90 Å². The fraction of sp³-hybridized carbons (Fsp3) is 0.150. The molecule has 4 nitrogen and oxygen atoms in total. The number of nitrogens with zero attached hydrogens (tertiary/aromatic N) is 1. The van der Waals surface area contributed by atoms with Crippen molar-refractivity contribution in [2.45, 2.75) is 6.04 Å². The van der Waals surface area contributed by atoms with Crippen molar-refractivity contribution in [3.05, 3.63) is 83.4 Å². The number of rotatable bonds is 5. The van der Waals surface area contributed by atoms with E-state index in [0.29, 0.717) is 10.6 Å². The highest BCUT2D eigenvalue weighted by Gasteiger charge is 2.51. The zero-order valence-corrected chi connectivity index (χ0v) is 14.1. The van der Waals surface area contributed by atoms with Gasteiger partial charge in [-0.2, -0.15) is 0 Å². The first kappa shape index (κ1) is 17.1. The van der Waals surface area contributed by atoms with Gasteiger partial charge in [0.05, 0.1) is 6.04 Å². The highest BCUT2D eigenvalue weighted by Crippen LogP contribution is 2.38. The Bertz CT molecular complexity index is 830. The number of amides is 1. The Balaban J connectivity index is 2.06. The summed E-state index contributed by atoms with van der Waals surface area (Å²) in [6, 6.07) is 14.8. The Morgan fingerprint density at radius 2 is 1.72 bits per heavy atom. The highest BCUT2D eigenvalue weighted by atomic mass is 35.5. The van der Waals surface area contributed by atoms with Crippen molar-refractivity contribution < 1.29 is 14.4 Å². The lowest BCUT2D eigenvalue weighted by Crippen LogP contribution is -2.30. The maximum Gasteiger partial charge on any atom is 0.291 e. The number of halogens is 1. The Hall–Kier alpha value is -2.72. The minimum atomic E-state index is -1.07. The van der Waals surface area contributed by atoms with Crippen LogP contribution in [0.15, 0.2) is 67.3 Å². The maximum atomic E-state index is 13.0. The van der Waals surface area contributed by atoms with Gasteiger partial charge in [0.25, 0.3) is 5.91 Å². The fourth-order valence-corrected chi connectivity index (χ4v) is 3.26. The van der Waals surface area contributed by atoms with Crippen LogP contribution in [0.3, 0.4) is 0 Å². The first-order valence-electron chi connectivity index (χ1n) is 7.85. The number of likely N-dealkylation sites (tertiary alicyclic amines) is 1. The summed E-state index contributed by atoms with van der Waals surface area (Å²) in [5.41, 5.74) is 1.10. The van der Waals surface area contributed by atoms with Crippen LogP contribution in [0.1, 0.15) is 22.0 Å². The number of carbonyl (C=O) groups excluding carboxylic acids is 3. The van der Waals surface area contributed by atoms with Gasteiger partial charge in [0.2, 0.25) is 5.78 Å². The second-order valence-corrected chi connectivity index (χ2v) is 6.25. The van der Waals surface area contributed by atoms with Gasteiger partial charge in [-0.25, -0.2) is 0 Å². The lowest BCUT2D eigenvalue weighted by atomic mass is 9.86. The minimum absolute atomic E-state index is 0.203. The molecule has 1 amide bonds. The van der Waals surface area contributed by atoms with E-state index < -0.39 is 23.7 Å². The van der Waals surface area contributed by atoms with Crippen LogP contribution in [-0.4, -0.2) is 28.9 Å². The van der Waals surface area contributed by atoms with Crippen LogP contribution in [0, 0.1) is 5.92 Å². The van der Waals surface area contributed by atoms with E-state index in [2.05, 4.69) is 6.58 Å². The molecule has 1 saturated heterocycles. The SMILES string of the molecule is C=CCN1C(=O)C(=O)C(C(=O)c2ccc(Cl)cc2)C1c1ccccc1. The molecule has 1 aliphatic rings. The van der Waals surface area contributed by atoms with Crippen LogP contribution in [-0.2, 0) is 9.59 Å². The van der Waals surface area contributed by atoms with Crippen molar-refractivity contribution in [3.8, 4) is 0 Å². The molecule has 25 heavy (non-hydrogen) atoms. The van der Waals surface area contributed by atoms with E-state index in [4.69, 9.17) is 11.6 Å². The number of carbonyl (C=O) groups is 3. The molecule has 2 aromatic rings. The molecule has 1 aliphatic heterocycles. The Labute approximate surface area is 150 Å². The molecule has 5 heteroatoms. The first-order valence-corrected chi connectivity index (χ1v) is 8.23. The average molecular weight is 354 g/mol. The van der Waals surface area contributed by atoms with Gasteiger partial charge in [-0.05, 0) is 29.8 Å². The smallest absolute Gasteiger partial charge is 0.291 e. The van der Waals surface area contributed by atoms with Gasteiger partial charge in [-0.15, -0.1) is 6.58 Å². The zero-order valence-electron chi connectivity index (χ0n) is 13.4. The van der Waals surface area contributed by atoms with Crippen molar-refractivity contribution in [3.63, 3.8) is 0 Å². The van der Waals surface area contributed by atoms with Crippen LogP contribution >= 0.6 is 11.6 Å². The van der Waals surface area contributed by atoms with E-state index in [1.165, 1.54) is 4.90 Å². The molecule has 0 aliphatic carbocycles. The molecule has 0 N–H and O–H groups in total. The Morgan fingerprint density at radius 3 is 2.32 bits per heavy atom. The average Bonchev–Trinajstić information content (AvgIpc) is 2.88. The summed E-state index contributed by atoms with van der Waals surface area (Å²) < 4.78 is 0. The standard InChI is InChI=1S/C20H16ClNO3/c1-2-12-22-17(13-6-4-3-5-7-13)16(19(24)20(22)25)18(23)14-8-10-15(21)11-9-14/h2-11,16-17H,1,12H2. The molecular formula is C20H16ClNO3. The van der Waals surface area contributed by atoms with Gasteiger partial charge in [0.15, 0.2) is 5.78 Å². The number of benzene rings is 2. The molecule has 0 spiro atoms. The summed E-state index contributed by atoms with van der Waals surface area (Å²) in [6.07, 6.45) is 1.55. The van der Waals surface area contributed by atoms with Gasteiger partial charge in [0.1, 0.15) is 5.92 Å². The molecule has 2 aromatic carbocycles. The second-order valence-electron chi connectivity index (χ2n) is 5.81. The molecule has 2 unspecified atom stereocenters. The monoisotopic (exact) mass is 353 g/mol. The molecule has 3 rings (SSSR count). The van der Waals surface area contributed by atoms with Crippen molar-refractivity contribution in [2.75, 3.05) is 6.54 Å². The number of Topliss-reactive ketones (excluding diaryl/α,β-unsaturated/α-hetero) is 2. The summed E-state index contributed by atoms with van der Waals surface area (Å²) in [5, 5.41) is 0.498. The molecule has 1 heterocycles. The molecule has 0 aromatic heterocycles. The lowest BCUT2D eigenvalue weighted by Gasteiger charge is -2.26. The fourth-order valence-electron chi connectivity index (χ4n) is 3.14. The van der Waals surface area contributed by atoms with Gasteiger partial charge >= 0.3 is 0 Å². The summed E-state index contributed by atoms with van der Waals surface area (Å²) in [7, 11) is 0. The molecule has 1 fully saturated rings. The van der Waals surface area contributed by atoms with Crippen LogP contribution in [0.4, 0.5) is 0 Å². The predicted octanol–water partition coefficient (Wildman–Crippen LogP) is 3.48. The predicted molar refractivity (Wildman–Crippen MR) is 95.4 cm³/mol.